The Morgan fingerprint density at radius 3 is 2.38 bits per heavy atom. The van der Waals surface area contributed by atoms with Crippen molar-refractivity contribution in [3.8, 4) is 28.6 Å². The predicted octanol–water partition coefficient (Wildman–Crippen LogP) is 3.58. The van der Waals surface area contributed by atoms with Crippen LogP contribution in [0, 0.1) is 4.84 Å². The molecule has 106 valence electrons. The molecule has 0 aliphatic heterocycles. The first-order chi connectivity index (χ1) is 10.2. The van der Waals surface area contributed by atoms with E-state index < -0.39 is 0 Å². The number of benzene rings is 2. The minimum absolute atomic E-state index is 0.184. The molecule has 1 N–H and O–H groups in total. The fourth-order valence-corrected chi connectivity index (χ4v) is 2.11. The second kappa shape index (κ2) is 5.41. The van der Waals surface area contributed by atoms with Gasteiger partial charge in [0.2, 0.25) is 5.89 Å². The Morgan fingerprint density at radius 2 is 1.76 bits per heavy atom. The monoisotopic (exact) mass is 300 g/mol. The lowest BCUT2D eigenvalue weighted by Gasteiger charge is -2.00. The van der Waals surface area contributed by atoms with Gasteiger partial charge in [0.1, 0.15) is 11.5 Å². The Labute approximate surface area is 126 Å². The predicted molar refractivity (Wildman–Crippen MR) is 80.3 cm³/mol. The second-order valence-electron chi connectivity index (χ2n) is 4.33. The summed E-state index contributed by atoms with van der Waals surface area (Å²) in [6, 6.07) is 13.9. The van der Waals surface area contributed by atoms with Crippen LogP contribution in [0.4, 0.5) is 0 Å². The Kier molecular flexibility index (Phi) is 3.45. The number of methoxy groups -OCH3 is 1. The summed E-state index contributed by atoms with van der Waals surface area (Å²) in [5.74, 6) is 1.37. The van der Waals surface area contributed by atoms with E-state index in [1.54, 1.807) is 31.4 Å². The molecule has 0 spiro atoms. The summed E-state index contributed by atoms with van der Waals surface area (Å²) in [6.07, 6.45) is 0. The minimum atomic E-state index is 0.184. The smallest absolute Gasteiger partial charge is 0.292 e. The molecule has 0 aliphatic carbocycles. The van der Waals surface area contributed by atoms with Crippen molar-refractivity contribution in [1.29, 1.82) is 0 Å². The van der Waals surface area contributed by atoms with E-state index in [2.05, 4.69) is 5.10 Å². The summed E-state index contributed by atoms with van der Waals surface area (Å²) in [4.78, 5) is 0.242. The molecular weight excluding hydrogens is 288 g/mol. The van der Waals surface area contributed by atoms with Crippen LogP contribution >= 0.6 is 12.2 Å². The normalized spacial score (nSPS) is 10.5. The molecule has 21 heavy (non-hydrogen) atoms. The Balaban J connectivity index is 2.00. The number of aromatic nitrogens is 2. The average molecular weight is 300 g/mol. The third-order valence-electron chi connectivity index (χ3n) is 2.98. The van der Waals surface area contributed by atoms with Crippen LogP contribution in [-0.4, -0.2) is 22.0 Å². The molecular formula is C15H12N2O3S. The minimum Gasteiger partial charge on any atom is -0.508 e. The zero-order valence-electron chi connectivity index (χ0n) is 11.2. The van der Waals surface area contributed by atoms with Gasteiger partial charge in [-0.15, -0.1) is 5.10 Å². The lowest BCUT2D eigenvalue weighted by Crippen LogP contribution is -1.95. The molecule has 3 aromatic rings. The highest BCUT2D eigenvalue weighted by Gasteiger charge is 2.09. The van der Waals surface area contributed by atoms with Crippen LogP contribution in [0.25, 0.3) is 17.1 Å². The molecule has 3 rings (SSSR count). The number of rotatable bonds is 3. The first-order valence-corrected chi connectivity index (χ1v) is 6.62. The molecule has 0 atom stereocenters. The summed E-state index contributed by atoms with van der Waals surface area (Å²) in [7, 11) is 1.61. The molecule has 0 fully saturated rings. The van der Waals surface area contributed by atoms with Gasteiger partial charge in [0.25, 0.3) is 4.84 Å². The lowest BCUT2D eigenvalue weighted by molar-refractivity contribution is 0.415. The summed E-state index contributed by atoms with van der Waals surface area (Å²) in [6.45, 7) is 0. The van der Waals surface area contributed by atoms with Crippen LogP contribution in [-0.2, 0) is 0 Å². The highest BCUT2D eigenvalue weighted by Crippen LogP contribution is 2.23. The van der Waals surface area contributed by atoms with Crippen LogP contribution in [0.1, 0.15) is 0 Å². The van der Waals surface area contributed by atoms with E-state index in [4.69, 9.17) is 21.4 Å². The van der Waals surface area contributed by atoms with Crippen LogP contribution in [0.5, 0.6) is 11.5 Å². The van der Waals surface area contributed by atoms with Crippen molar-refractivity contribution < 1.29 is 14.3 Å². The highest BCUT2D eigenvalue weighted by atomic mass is 32.1. The van der Waals surface area contributed by atoms with Gasteiger partial charge in [-0.2, -0.15) is 4.68 Å². The molecule has 0 saturated heterocycles. The molecule has 6 heteroatoms. The fourth-order valence-electron chi connectivity index (χ4n) is 1.89. The topological polar surface area (TPSA) is 60.4 Å². The van der Waals surface area contributed by atoms with Gasteiger partial charge in [-0.25, -0.2) is 0 Å². The summed E-state index contributed by atoms with van der Waals surface area (Å²) >= 11 is 5.18. The van der Waals surface area contributed by atoms with E-state index in [0.717, 1.165) is 17.0 Å². The zero-order valence-corrected chi connectivity index (χ0v) is 12.0. The van der Waals surface area contributed by atoms with Crippen molar-refractivity contribution >= 4 is 12.2 Å². The summed E-state index contributed by atoms with van der Waals surface area (Å²) in [5.41, 5.74) is 1.53. The van der Waals surface area contributed by atoms with Gasteiger partial charge in [-0.05, 0) is 60.7 Å². The van der Waals surface area contributed by atoms with E-state index in [1.165, 1.54) is 4.68 Å². The van der Waals surface area contributed by atoms with E-state index in [-0.39, 0.29) is 10.6 Å². The molecule has 0 saturated carbocycles. The second-order valence-corrected chi connectivity index (χ2v) is 4.68. The Hall–Kier alpha value is -2.60. The number of hydrogen-bond acceptors (Lipinski definition) is 5. The van der Waals surface area contributed by atoms with Gasteiger partial charge in [-0.3, -0.25) is 0 Å². The number of phenols is 1. The Bertz CT molecular complexity index is 804. The summed E-state index contributed by atoms with van der Waals surface area (Å²) < 4.78 is 12.1. The van der Waals surface area contributed by atoms with Crippen LogP contribution in [0.3, 0.4) is 0 Å². The van der Waals surface area contributed by atoms with E-state index in [0.29, 0.717) is 5.89 Å². The van der Waals surface area contributed by atoms with Gasteiger partial charge >= 0.3 is 0 Å². The number of hydrogen-bond donors (Lipinski definition) is 1. The van der Waals surface area contributed by atoms with Crippen molar-refractivity contribution in [2.75, 3.05) is 7.11 Å². The molecule has 0 amide bonds. The standard InChI is InChI=1S/C15H12N2O3S/c1-19-13-8-2-10(3-9-13)14-16-17(15(21)20-14)11-4-6-12(18)7-5-11/h2-9,18H,1H3. The molecule has 0 bridgehead atoms. The maximum atomic E-state index is 9.31. The zero-order chi connectivity index (χ0) is 14.8. The van der Waals surface area contributed by atoms with E-state index in [9.17, 15) is 5.11 Å². The summed E-state index contributed by atoms with van der Waals surface area (Å²) in [5, 5.41) is 13.7. The van der Waals surface area contributed by atoms with Gasteiger partial charge in [0.05, 0.1) is 12.8 Å². The van der Waals surface area contributed by atoms with E-state index >= 15 is 0 Å². The van der Waals surface area contributed by atoms with Crippen molar-refractivity contribution in [2.45, 2.75) is 0 Å². The van der Waals surface area contributed by atoms with Crippen molar-refractivity contribution in [3.05, 3.63) is 53.4 Å². The number of nitrogens with zero attached hydrogens (tertiary/aromatic N) is 2. The molecule has 2 aromatic carbocycles. The van der Waals surface area contributed by atoms with Crippen LogP contribution < -0.4 is 4.74 Å². The quantitative estimate of drug-likeness (QED) is 0.749. The number of phenolic OH excluding ortho intramolecular Hbond substituents is 1. The van der Waals surface area contributed by atoms with Gasteiger partial charge in [0, 0.05) is 5.56 Å². The van der Waals surface area contributed by atoms with Crippen LogP contribution in [0.15, 0.2) is 52.9 Å². The lowest BCUT2D eigenvalue weighted by atomic mass is 10.2. The molecule has 1 aromatic heterocycles. The van der Waals surface area contributed by atoms with Crippen LogP contribution in [0.2, 0.25) is 0 Å². The maximum Gasteiger partial charge on any atom is 0.292 e. The number of ether oxygens (including phenoxy) is 1. The first-order valence-electron chi connectivity index (χ1n) is 6.21. The number of aromatic hydroxyl groups is 1. The largest absolute Gasteiger partial charge is 0.508 e. The molecule has 5 nitrogen and oxygen atoms in total. The van der Waals surface area contributed by atoms with Gasteiger partial charge < -0.3 is 14.3 Å². The van der Waals surface area contributed by atoms with E-state index in [1.807, 2.05) is 24.3 Å². The van der Waals surface area contributed by atoms with Crippen molar-refractivity contribution in [3.63, 3.8) is 0 Å². The molecule has 0 unspecified atom stereocenters. The molecule has 0 aliphatic rings. The maximum absolute atomic E-state index is 9.31. The molecule has 0 radical (unpaired) electrons. The third-order valence-corrected chi connectivity index (χ3v) is 3.24. The SMILES string of the molecule is COc1ccc(-c2nn(-c3ccc(O)cc3)c(=S)o2)cc1. The average Bonchev–Trinajstić information content (AvgIpc) is 2.90. The third kappa shape index (κ3) is 2.66. The Morgan fingerprint density at radius 1 is 1.10 bits per heavy atom. The van der Waals surface area contributed by atoms with Gasteiger partial charge in [-0.1, -0.05) is 0 Å². The molecule has 1 heterocycles. The van der Waals surface area contributed by atoms with Crippen molar-refractivity contribution in [1.82, 2.24) is 9.78 Å². The van der Waals surface area contributed by atoms with Crippen molar-refractivity contribution in [2.24, 2.45) is 0 Å². The fraction of sp³-hybridized carbons (Fsp3) is 0.0667. The highest BCUT2D eigenvalue weighted by molar-refractivity contribution is 7.71. The first kappa shape index (κ1) is 13.4. The van der Waals surface area contributed by atoms with Gasteiger partial charge in [0.15, 0.2) is 0 Å².